The predicted octanol–water partition coefficient (Wildman–Crippen LogP) is 2.36. The Bertz CT molecular complexity index is 1180. The number of benzene rings is 1. The summed E-state index contributed by atoms with van der Waals surface area (Å²) in [4.78, 5) is 67.6. The Labute approximate surface area is 239 Å². The van der Waals surface area contributed by atoms with Crippen LogP contribution in [0, 0.1) is 5.92 Å². The zero-order valence-electron chi connectivity index (χ0n) is 23.9. The quantitative estimate of drug-likeness (QED) is 0.264. The molecule has 12 nitrogen and oxygen atoms in total. The Morgan fingerprint density at radius 2 is 1.51 bits per heavy atom. The second-order valence-electron chi connectivity index (χ2n) is 10.7. The zero-order chi connectivity index (χ0) is 30.6. The van der Waals surface area contributed by atoms with Crippen LogP contribution in [-0.2, 0) is 41.7 Å². The molecule has 0 radical (unpaired) electrons. The summed E-state index contributed by atoms with van der Waals surface area (Å²) >= 11 is 0. The van der Waals surface area contributed by atoms with Gasteiger partial charge in [0.05, 0.1) is 6.42 Å². The molecule has 0 spiro atoms. The summed E-state index contributed by atoms with van der Waals surface area (Å²) in [5, 5.41) is 16.9. The molecule has 0 fully saturated rings. The molecule has 4 N–H and O–H groups in total. The summed E-state index contributed by atoms with van der Waals surface area (Å²) in [7, 11) is 0. The number of hydrogen-bond acceptors (Lipinski definition) is 8. The van der Waals surface area contributed by atoms with E-state index in [4.69, 9.17) is 9.47 Å². The largest absolute Gasteiger partial charge is 0.480 e. The number of esters is 1. The number of aromatic nitrogens is 1. The number of rotatable bonds is 13. The van der Waals surface area contributed by atoms with E-state index >= 15 is 0 Å². The summed E-state index contributed by atoms with van der Waals surface area (Å²) < 4.78 is 10.5. The number of alkyl carbamates (subject to hydrolysis) is 1. The van der Waals surface area contributed by atoms with Crippen LogP contribution >= 0.6 is 0 Å². The molecule has 1 aromatic carbocycles. The van der Waals surface area contributed by atoms with E-state index in [2.05, 4.69) is 20.9 Å². The highest BCUT2D eigenvalue weighted by Gasteiger charge is 2.33. The van der Waals surface area contributed by atoms with Gasteiger partial charge in [0, 0.05) is 18.3 Å². The number of carboxylic acid groups (broad SMARTS) is 1. The third-order valence-corrected chi connectivity index (χ3v) is 5.62. The number of aliphatic carboxylic acids is 1. The Morgan fingerprint density at radius 3 is 2.07 bits per heavy atom. The van der Waals surface area contributed by atoms with Gasteiger partial charge in [0.1, 0.15) is 30.3 Å². The molecule has 12 heteroatoms. The van der Waals surface area contributed by atoms with Crippen molar-refractivity contribution < 1.29 is 38.6 Å². The highest BCUT2D eigenvalue weighted by atomic mass is 16.6. The molecule has 0 aliphatic heterocycles. The maximum absolute atomic E-state index is 13.4. The first-order valence-electron chi connectivity index (χ1n) is 13.2. The average Bonchev–Trinajstić information content (AvgIpc) is 2.89. The molecule has 3 atom stereocenters. The van der Waals surface area contributed by atoms with E-state index in [1.54, 1.807) is 77.1 Å². The van der Waals surface area contributed by atoms with Crippen molar-refractivity contribution in [1.29, 1.82) is 0 Å². The fraction of sp³-hybridized carbons (Fsp3) is 0.448. The smallest absolute Gasteiger partial charge is 0.408 e. The number of carbonyl (C=O) groups is 5. The highest BCUT2D eigenvalue weighted by Crippen LogP contribution is 2.11. The number of pyridine rings is 1. The van der Waals surface area contributed by atoms with Crippen LogP contribution in [-0.4, -0.2) is 63.7 Å². The maximum atomic E-state index is 13.4. The van der Waals surface area contributed by atoms with Gasteiger partial charge < -0.3 is 30.5 Å². The number of carbonyl (C=O) groups excluding carboxylic acids is 4. The van der Waals surface area contributed by atoms with Gasteiger partial charge >= 0.3 is 18.0 Å². The molecular formula is C29H38N4O8. The van der Waals surface area contributed by atoms with E-state index in [-0.39, 0.29) is 13.0 Å². The predicted molar refractivity (Wildman–Crippen MR) is 148 cm³/mol. The van der Waals surface area contributed by atoms with E-state index < -0.39 is 65.9 Å². The minimum atomic E-state index is -1.47. The Morgan fingerprint density at radius 1 is 0.878 bits per heavy atom. The van der Waals surface area contributed by atoms with Crippen LogP contribution < -0.4 is 16.0 Å². The molecule has 0 saturated carbocycles. The van der Waals surface area contributed by atoms with Gasteiger partial charge in [0.25, 0.3) is 0 Å². The van der Waals surface area contributed by atoms with Crippen LogP contribution in [0.2, 0.25) is 0 Å². The van der Waals surface area contributed by atoms with Crippen molar-refractivity contribution in [2.24, 2.45) is 5.92 Å². The van der Waals surface area contributed by atoms with E-state index in [0.29, 0.717) is 11.3 Å². The molecule has 0 saturated heterocycles. The van der Waals surface area contributed by atoms with Gasteiger partial charge in [-0.25, -0.2) is 9.59 Å². The Kier molecular flexibility index (Phi) is 12.2. The van der Waals surface area contributed by atoms with Gasteiger partial charge in [-0.2, -0.15) is 0 Å². The minimum Gasteiger partial charge on any atom is -0.480 e. The van der Waals surface area contributed by atoms with Crippen molar-refractivity contribution in [2.45, 2.75) is 77.8 Å². The van der Waals surface area contributed by atoms with Gasteiger partial charge in [-0.05, 0) is 44.4 Å². The standard InChI is InChI=1S/C29H38N4O8/c1-18(2)24(27(37)38)33-26(36)21(15-20-13-9-10-14-30-20)31-25(35)22(16-23(34)41-29(3,4)5)32-28(39)40-17-19-11-7-6-8-12-19/h6-14,18,21-22,24H,15-17H2,1-5H3,(H,31,35)(H,32,39)(H,33,36)(H,37,38)/t21-,22-,24-/m0/s1. The molecule has 0 aliphatic rings. The van der Waals surface area contributed by atoms with Crippen LogP contribution in [0.4, 0.5) is 4.79 Å². The topological polar surface area (TPSA) is 173 Å². The van der Waals surface area contributed by atoms with Crippen molar-refractivity contribution in [1.82, 2.24) is 20.9 Å². The first kappa shape index (κ1) is 32.7. The molecule has 2 aromatic rings. The lowest BCUT2D eigenvalue weighted by Crippen LogP contribution is -2.57. The number of carboxylic acids is 1. The summed E-state index contributed by atoms with van der Waals surface area (Å²) in [5.41, 5.74) is 0.306. The summed E-state index contributed by atoms with van der Waals surface area (Å²) in [6.07, 6.45) is -0.0873. The second-order valence-corrected chi connectivity index (χ2v) is 10.7. The van der Waals surface area contributed by atoms with Crippen LogP contribution in [0.25, 0.3) is 0 Å². The van der Waals surface area contributed by atoms with E-state index in [0.717, 1.165) is 0 Å². The lowest BCUT2D eigenvalue weighted by Gasteiger charge is -2.26. The van der Waals surface area contributed by atoms with Gasteiger partial charge in [0.15, 0.2) is 0 Å². The van der Waals surface area contributed by atoms with Crippen LogP contribution in [0.15, 0.2) is 54.7 Å². The van der Waals surface area contributed by atoms with Crippen molar-refractivity contribution in [3.8, 4) is 0 Å². The zero-order valence-corrected chi connectivity index (χ0v) is 23.9. The van der Waals surface area contributed by atoms with Gasteiger partial charge in [-0.3, -0.25) is 19.4 Å². The molecule has 0 bridgehead atoms. The lowest BCUT2D eigenvalue weighted by atomic mass is 10.0. The first-order chi connectivity index (χ1) is 19.2. The third-order valence-electron chi connectivity index (χ3n) is 5.62. The normalized spacial score (nSPS) is 13.3. The second kappa shape index (κ2) is 15.3. The minimum absolute atomic E-state index is 0.0794. The van der Waals surface area contributed by atoms with Crippen LogP contribution in [0.3, 0.4) is 0 Å². The Balaban J connectivity index is 2.25. The van der Waals surface area contributed by atoms with Crippen LogP contribution in [0.5, 0.6) is 0 Å². The number of amides is 3. The summed E-state index contributed by atoms with van der Waals surface area (Å²) in [5.74, 6) is -4.09. The van der Waals surface area contributed by atoms with Gasteiger partial charge in [-0.15, -0.1) is 0 Å². The number of ether oxygens (including phenoxy) is 2. The monoisotopic (exact) mass is 570 g/mol. The SMILES string of the molecule is CC(C)[C@H](NC(=O)[C@H](Cc1ccccn1)NC(=O)[C@H](CC(=O)OC(C)(C)C)NC(=O)OCc1ccccc1)C(=O)O. The number of nitrogens with one attached hydrogen (secondary N) is 3. The van der Waals surface area contributed by atoms with Crippen LogP contribution in [0.1, 0.15) is 52.3 Å². The van der Waals surface area contributed by atoms with Crippen molar-refractivity contribution in [3.63, 3.8) is 0 Å². The fourth-order valence-corrected chi connectivity index (χ4v) is 3.64. The summed E-state index contributed by atoms with van der Waals surface area (Å²) in [6, 6.07) is 9.92. The molecule has 222 valence electrons. The average molecular weight is 571 g/mol. The van der Waals surface area contributed by atoms with E-state index in [1.165, 1.54) is 6.20 Å². The fourth-order valence-electron chi connectivity index (χ4n) is 3.64. The van der Waals surface area contributed by atoms with Crippen molar-refractivity contribution >= 4 is 29.8 Å². The molecule has 3 amide bonds. The van der Waals surface area contributed by atoms with E-state index in [9.17, 15) is 29.1 Å². The molecule has 1 heterocycles. The first-order valence-corrected chi connectivity index (χ1v) is 13.2. The molecule has 0 unspecified atom stereocenters. The molecule has 2 rings (SSSR count). The van der Waals surface area contributed by atoms with E-state index in [1.807, 2.05) is 6.07 Å². The molecule has 1 aromatic heterocycles. The molecule has 41 heavy (non-hydrogen) atoms. The van der Waals surface area contributed by atoms with Gasteiger partial charge in [0.2, 0.25) is 11.8 Å². The molecule has 0 aliphatic carbocycles. The number of nitrogens with zero attached hydrogens (tertiary/aromatic N) is 1. The number of hydrogen-bond donors (Lipinski definition) is 4. The third kappa shape index (κ3) is 12.1. The lowest BCUT2D eigenvalue weighted by molar-refractivity contribution is -0.156. The molecular weight excluding hydrogens is 532 g/mol. The Hall–Kier alpha value is -4.48. The van der Waals surface area contributed by atoms with Crippen molar-refractivity contribution in [2.75, 3.05) is 0 Å². The maximum Gasteiger partial charge on any atom is 0.408 e. The summed E-state index contributed by atoms with van der Waals surface area (Å²) in [6.45, 7) is 8.15. The van der Waals surface area contributed by atoms with Crippen molar-refractivity contribution in [3.05, 3.63) is 66.0 Å². The van der Waals surface area contributed by atoms with Gasteiger partial charge in [-0.1, -0.05) is 50.2 Å². The highest BCUT2D eigenvalue weighted by molar-refractivity contribution is 5.94.